The summed E-state index contributed by atoms with van der Waals surface area (Å²) in [6.45, 7) is 15.3. The molecule has 1 aliphatic heterocycles. The molecule has 0 bridgehead atoms. The Bertz CT molecular complexity index is 235. The van der Waals surface area contributed by atoms with Crippen molar-refractivity contribution in [2.75, 3.05) is 31.1 Å². The molecule has 0 aliphatic carbocycles. The van der Waals surface area contributed by atoms with Crippen molar-refractivity contribution < 1.29 is 0 Å². The summed E-state index contributed by atoms with van der Waals surface area (Å²) in [5, 5.41) is 3.78. The second kappa shape index (κ2) is 7.76. The average molecular weight is 273 g/mol. The Balaban J connectivity index is 2.60. The zero-order valence-corrected chi connectivity index (χ0v) is 13.8. The number of nitrogens with zero attached hydrogens (tertiary/aromatic N) is 1. The number of rotatable bonds is 7. The van der Waals surface area contributed by atoms with Gasteiger partial charge in [0.2, 0.25) is 0 Å². The number of thioether (sulfide) groups is 1. The summed E-state index contributed by atoms with van der Waals surface area (Å²) in [6, 6.07) is 0.729. The van der Waals surface area contributed by atoms with Gasteiger partial charge >= 0.3 is 0 Å². The number of nitrogens with one attached hydrogen (secondary N) is 1. The van der Waals surface area contributed by atoms with Gasteiger partial charge in [0.15, 0.2) is 0 Å². The maximum Gasteiger partial charge on any atom is 0.0278 e. The van der Waals surface area contributed by atoms with E-state index in [2.05, 4.69) is 56.6 Å². The maximum atomic E-state index is 3.78. The Morgan fingerprint density at radius 2 is 2.11 bits per heavy atom. The third-order valence-electron chi connectivity index (χ3n) is 4.57. The molecule has 0 amide bonds. The fourth-order valence-electron chi connectivity index (χ4n) is 2.74. The highest BCUT2D eigenvalue weighted by molar-refractivity contribution is 7.99. The predicted octanol–water partition coefficient (Wildman–Crippen LogP) is 3.23. The zero-order chi connectivity index (χ0) is 13.6. The fourth-order valence-corrected chi connectivity index (χ4v) is 3.39. The van der Waals surface area contributed by atoms with Crippen molar-refractivity contribution in [3.8, 4) is 0 Å². The van der Waals surface area contributed by atoms with Gasteiger partial charge in [0.1, 0.15) is 0 Å². The van der Waals surface area contributed by atoms with Gasteiger partial charge in [0, 0.05) is 37.0 Å². The Kier molecular flexibility index (Phi) is 7.04. The highest BCUT2D eigenvalue weighted by Gasteiger charge is 2.35. The van der Waals surface area contributed by atoms with Crippen LogP contribution in [-0.2, 0) is 0 Å². The van der Waals surface area contributed by atoms with Gasteiger partial charge in [0.05, 0.1) is 0 Å². The van der Waals surface area contributed by atoms with E-state index in [1.807, 2.05) is 0 Å². The molecule has 0 aromatic rings. The van der Waals surface area contributed by atoms with Crippen LogP contribution in [0.3, 0.4) is 0 Å². The molecule has 3 unspecified atom stereocenters. The first-order valence-electron chi connectivity index (χ1n) is 7.63. The SMILES string of the molecule is CCSCCN1CC(C)(CC)NCC1C(C)CC. The Morgan fingerprint density at radius 3 is 2.67 bits per heavy atom. The summed E-state index contributed by atoms with van der Waals surface area (Å²) in [4.78, 5) is 2.75. The minimum Gasteiger partial charge on any atom is -0.309 e. The lowest BCUT2D eigenvalue weighted by Gasteiger charge is -2.48. The van der Waals surface area contributed by atoms with Crippen molar-refractivity contribution in [1.29, 1.82) is 0 Å². The molecule has 1 heterocycles. The molecule has 1 saturated heterocycles. The first kappa shape index (κ1) is 16.3. The fraction of sp³-hybridized carbons (Fsp3) is 1.00. The highest BCUT2D eigenvalue weighted by atomic mass is 32.2. The molecule has 3 heteroatoms. The molecule has 0 radical (unpaired) electrons. The van der Waals surface area contributed by atoms with Crippen molar-refractivity contribution in [3.63, 3.8) is 0 Å². The number of piperazine rings is 1. The summed E-state index contributed by atoms with van der Waals surface area (Å²) < 4.78 is 0. The van der Waals surface area contributed by atoms with Crippen molar-refractivity contribution in [2.24, 2.45) is 5.92 Å². The van der Waals surface area contributed by atoms with Gasteiger partial charge in [0.25, 0.3) is 0 Å². The van der Waals surface area contributed by atoms with Gasteiger partial charge in [-0.25, -0.2) is 0 Å². The quantitative estimate of drug-likeness (QED) is 0.716. The van der Waals surface area contributed by atoms with E-state index in [9.17, 15) is 0 Å². The largest absolute Gasteiger partial charge is 0.309 e. The predicted molar refractivity (Wildman–Crippen MR) is 84.5 cm³/mol. The standard InChI is InChI=1S/C15H32N2S/c1-6-13(4)14-11-16-15(5,7-2)12-17(14)9-10-18-8-3/h13-14,16H,6-12H2,1-5H3. The van der Waals surface area contributed by atoms with E-state index in [0.717, 1.165) is 18.5 Å². The molecule has 0 spiro atoms. The topological polar surface area (TPSA) is 15.3 Å². The molecule has 1 fully saturated rings. The van der Waals surface area contributed by atoms with Gasteiger partial charge in [-0.3, -0.25) is 4.90 Å². The molecule has 0 aromatic heterocycles. The molecule has 0 saturated carbocycles. The first-order valence-corrected chi connectivity index (χ1v) is 8.78. The van der Waals surface area contributed by atoms with E-state index in [1.54, 1.807) is 0 Å². The summed E-state index contributed by atoms with van der Waals surface area (Å²) in [7, 11) is 0. The third kappa shape index (κ3) is 4.43. The molecule has 1 N–H and O–H groups in total. The smallest absolute Gasteiger partial charge is 0.0278 e. The van der Waals surface area contributed by atoms with Crippen LogP contribution in [0.4, 0.5) is 0 Å². The van der Waals surface area contributed by atoms with Crippen LogP contribution in [0.15, 0.2) is 0 Å². The lowest BCUT2D eigenvalue weighted by atomic mass is 9.88. The normalized spacial score (nSPS) is 31.5. The van der Waals surface area contributed by atoms with Crippen molar-refractivity contribution in [2.45, 2.75) is 59.0 Å². The summed E-state index contributed by atoms with van der Waals surface area (Å²) >= 11 is 2.07. The average Bonchev–Trinajstić information content (AvgIpc) is 2.38. The van der Waals surface area contributed by atoms with Crippen LogP contribution in [-0.4, -0.2) is 47.6 Å². The van der Waals surface area contributed by atoms with E-state index >= 15 is 0 Å². The van der Waals surface area contributed by atoms with Crippen molar-refractivity contribution in [1.82, 2.24) is 10.2 Å². The monoisotopic (exact) mass is 272 g/mol. The first-order chi connectivity index (χ1) is 8.56. The summed E-state index contributed by atoms with van der Waals surface area (Å²) in [5.74, 6) is 3.32. The molecule has 2 nitrogen and oxygen atoms in total. The van der Waals surface area contributed by atoms with Crippen LogP contribution in [0.2, 0.25) is 0 Å². The van der Waals surface area contributed by atoms with E-state index in [0.29, 0.717) is 5.54 Å². The summed E-state index contributed by atoms with van der Waals surface area (Å²) in [5.41, 5.74) is 0.320. The second-order valence-electron chi connectivity index (χ2n) is 5.92. The number of hydrogen-bond acceptors (Lipinski definition) is 3. The molecule has 108 valence electrons. The van der Waals surface area contributed by atoms with Crippen LogP contribution in [0.5, 0.6) is 0 Å². The minimum absolute atomic E-state index is 0.320. The summed E-state index contributed by atoms with van der Waals surface area (Å²) in [6.07, 6.45) is 2.50. The van der Waals surface area contributed by atoms with Crippen LogP contribution in [0, 0.1) is 5.92 Å². The molecule has 18 heavy (non-hydrogen) atoms. The second-order valence-corrected chi connectivity index (χ2v) is 7.31. The highest BCUT2D eigenvalue weighted by Crippen LogP contribution is 2.24. The molecule has 1 rings (SSSR count). The minimum atomic E-state index is 0.320. The third-order valence-corrected chi connectivity index (χ3v) is 5.45. The lowest BCUT2D eigenvalue weighted by Crippen LogP contribution is -2.64. The maximum absolute atomic E-state index is 3.78. The van der Waals surface area contributed by atoms with Crippen LogP contribution in [0.1, 0.15) is 47.5 Å². The van der Waals surface area contributed by atoms with Gasteiger partial charge < -0.3 is 5.32 Å². The van der Waals surface area contributed by atoms with Gasteiger partial charge in [-0.05, 0) is 25.0 Å². The van der Waals surface area contributed by atoms with Crippen LogP contribution >= 0.6 is 11.8 Å². The Morgan fingerprint density at radius 1 is 1.39 bits per heavy atom. The van der Waals surface area contributed by atoms with Gasteiger partial charge in [-0.2, -0.15) is 11.8 Å². The molecule has 1 aliphatic rings. The van der Waals surface area contributed by atoms with Crippen LogP contribution in [0.25, 0.3) is 0 Å². The van der Waals surface area contributed by atoms with Crippen molar-refractivity contribution >= 4 is 11.8 Å². The van der Waals surface area contributed by atoms with E-state index < -0.39 is 0 Å². The van der Waals surface area contributed by atoms with E-state index in [1.165, 1.54) is 37.4 Å². The van der Waals surface area contributed by atoms with E-state index in [4.69, 9.17) is 0 Å². The van der Waals surface area contributed by atoms with Crippen molar-refractivity contribution in [3.05, 3.63) is 0 Å². The molecule has 0 aromatic carbocycles. The molecular weight excluding hydrogens is 240 g/mol. The zero-order valence-electron chi connectivity index (χ0n) is 13.0. The lowest BCUT2D eigenvalue weighted by molar-refractivity contribution is 0.0607. The Labute approximate surface area is 118 Å². The number of hydrogen-bond donors (Lipinski definition) is 1. The van der Waals surface area contributed by atoms with Gasteiger partial charge in [-0.15, -0.1) is 0 Å². The Hall–Kier alpha value is 0.270. The molecular formula is C15H32N2S. The van der Waals surface area contributed by atoms with Crippen LogP contribution < -0.4 is 5.32 Å². The van der Waals surface area contributed by atoms with Gasteiger partial charge in [-0.1, -0.05) is 34.1 Å². The van der Waals surface area contributed by atoms with E-state index in [-0.39, 0.29) is 0 Å². The molecule has 3 atom stereocenters.